The molecule has 4 rings (SSSR count). The van der Waals surface area contributed by atoms with Crippen molar-refractivity contribution in [1.29, 1.82) is 0 Å². The predicted molar refractivity (Wildman–Crippen MR) is 148 cm³/mol. The van der Waals surface area contributed by atoms with Crippen LogP contribution in [-0.4, -0.2) is 42.8 Å². The highest BCUT2D eigenvalue weighted by Crippen LogP contribution is 2.67. The molecule has 220 valence electrons. The number of carbonyl (C=O) groups is 4. The fourth-order valence-corrected chi connectivity index (χ4v) is 9.57. The molecular formula is C32H51NO6. The molecule has 0 heterocycles. The van der Waals surface area contributed by atoms with Crippen LogP contribution in [0.3, 0.4) is 0 Å². The van der Waals surface area contributed by atoms with Gasteiger partial charge < -0.3 is 15.2 Å². The van der Waals surface area contributed by atoms with E-state index < -0.39 is 17.9 Å². The van der Waals surface area contributed by atoms with Crippen LogP contribution in [0, 0.1) is 52.3 Å². The van der Waals surface area contributed by atoms with Crippen LogP contribution >= 0.6 is 0 Å². The second kappa shape index (κ2) is 12.0. The Morgan fingerprint density at radius 2 is 1.69 bits per heavy atom. The molecule has 7 heteroatoms. The Morgan fingerprint density at radius 3 is 2.36 bits per heavy atom. The van der Waals surface area contributed by atoms with Crippen molar-refractivity contribution in [3.8, 4) is 0 Å². The van der Waals surface area contributed by atoms with Gasteiger partial charge >= 0.3 is 5.97 Å². The van der Waals surface area contributed by atoms with E-state index in [0.29, 0.717) is 35.9 Å². The van der Waals surface area contributed by atoms with E-state index in [1.54, 1.807) is 6.92 Å². The quantitative estimate of drug-likeness (QED) is 0.278. The van der Waals surface area contributed by atoms with Crippen molar-refractivity contribution in [3.63, 3.8) is 0 Å². The Labute approximate surface area is 234 Å². The highest BCUT2D eigenvalue weighted by atomic mass is 16.6. The lowest BCUT2D eigenvalue weighted by molar-refractivity contribution is -0.169. The third kappa shape index (κ3) is 5.71. The summed E-state index contributed by atoms with van der Waals surface area (Å²) >= 11 is 0. The summed E-state index contributed by atoms with van der Waals surface area (Å²) in [5, 5.41) is 0. The molecule has 0 spiro atoms. The third-order valence-corrected chi connectivity index (χ3v) is 12.2. The highest BCUT2D eigenvalue weighted by Gasteiger charge is 2.61. The van der Waals surface area contributed by atoms with E-state index in [4.69, 9.17) is 15.2 Å². The number of hydrogen-bond acceptors (Lipinski definition) is 7. The zero-order chi connectivity index (χ0) is 28.5. The number of Topliss-reactive ketones (excluding diaryl/α,β-unsaturated/α-hetero) is 2. The summed E-state index contributed by atoms with van der Waals surface area (Å²) in [6.45, 7) is 10.7. The van der Waals surface area contributed by atoms with Crippen molar-refractivity contribution in [2.45, 2.75) is 117 Å². The molecule has 4 saturated carbocycles. The molecule has 0 bridgehead atoms. The zero-order valence-electron chi connectivity index (χ0n) is 24.8. The molecule has 4 aliphatic rings. The van der Waals surface area contributed by atoms with Crippen molar-refractivity contribution in [2.24, 2.45) is 58.0 Å². The van der Waals surface area contributed by atoms with Crippen LogP contribution in [0.25, 0.3) is 0 Å². The number of fused-ring (bicyclic) bond motifs is 5. The van der Waals surface area contributed by atoms with Gasteiger partial charge in [-0.2, -0.15) is 0 Å². The summed E-state index contributed by atoms with van der Waals surface area (Å²) in [6, 6.07) is -0.643. The fraction of sp³-hybridized carbons (Fsp3) is 0.875. The zero-order valence-corrected chi connectivity index (χ0v) is 24.8. The van der Waals surface area contributed by atoms with E-state index in [-0.39, 0.29) is 47.6 Å². The van der Waals surface area contributed by atoms with Gasteiger partial charge in [0.15, 0.2) is 5.78 Å². The molecule has 0 amide bonds. The van der Waals surface area contributed by atoms with Crippen molar-refractivity contribution in [1.82, 2.24) is 0 Å². The summed E-state index contributed by atoms with van der Waals surface area (Å²) in [5.74, 6) is 1.66. The average molecular weight is 546 g/mol. The lowest BCUT2D eigenvalue weighted by Gasteiger charge is -2.61. The first-order valence-corrected chi connectivity index (χ1v) is 15.5. The molecule has 11 atom stereocenters. The summed E-state index contributed by atoms with van der Waals surface area (Å²) in [7, 11) is 0. The van der Waals surface area contributed by atoms with Crippen molar-refractivity contribution in [3.05, 3.63) is 0 Å². The van der Waals surface area contributed by atoms with E-state index >= 15 is 0 Å². The Morgan fingerprint density at radius 1 is 1.00 bits per heavy atom. The molecule has 0 aliphatic heterocycles. The van der Waals surface area contributed by atoms with Gasteiger partial charge in [-0.05, 0) is 105 Å². The molecule has 4 aliphatic carbocycles. The topological polar surface area (TPSA) is 113 Å². The third-order valence-electron chi connectivity index (χ3n) is 12.2. The molecule has 1 unspecified atom stereocenters. The Bertz CT molecular complexity index is 936. The minimum Gasteiger partial charge on any atom is -0.467 e. The second-order valence-corrected chi connectivity index (χ2v) is 14.0. The number of nitrogens with two attached hydrogens (primary N) is 1. The minimum atomic E-state index is -0.825. The van der Waals surface area contributed by atoms with Crippen LogP contribution in [-0.2, 0) is 28.7 Å². The second-order valence-electron chi connectivity index (χ2n) is 14.0. The number of ether oxygens (including phenoxy) is 2. The van der Waals surface area contributed by atoms with Crippen LogP contribution in [0.5, 0.6) is 0 Å². The van der Waals surface area contributed by atoms with Gasteiger partial charge in [-0.15, -0.1) is 0 Å². The standard InChI is InChI=1S/C32H51NO6/c1-6-19(2)29(33)28(36)15-21(17-38-18-34)30(37)39-23-11-13-31(4)22(16-23)7-8-24-26-10-9-25(20(3)35)32(26,5)14-12-27(24)31/h18-19,21-27,29H,6-17,33H2,1-5H3/t19?,21-,22-,23+,24-,25+,26-,27-,29-,31-,32+/m0/s1. The van der Waals surface area contributed by atoms with Crippen LogP contribution in [0.4, 0.5) is 0 Å². The molecule has 2 N–H and O–H groups in total. The van der Waals surface area contributed by atoms with Crippen LogP contribution in [0.2, 0.25) is 0 Å². The molecule has 0 radical (unpaired) electrons. The Hall–Kier alpha value is -1.76. The van der Waals surface area contributed by atoms with Crippen molar-refractivity contribution >= 4 is 24.0 Å². The maximum Gasteiger partial charge on any atom is 0.313 e. The maximum absolute atomic E-state index is 13.2. The van der Waals surface area contributed by atoms with Crippen LogP contribution in [0.1, 0.15) is 105 Å². The number of hydrogen-bond donors (Lipinski definition) is 1. The summed E-state index contributed by atoms with van der Waals surface area (Å²) in [4.78, 5) is 49.2. The Balaban J connectivity index is 1.39. The van der Waals surface area contributed by atoms with E-state index in [0.717, 1.165) is 44.9 Å². The molecule has 0 saturated heterocycles. The average Bonchev–Trinajstić information content (AvgIpc) is 3.27. The molecule has 4 fully saturated rings. The largest absolute Gasteiger partial charge is 0.467 e. The molecule has 0 aromatic rings. The van der Waals surface area contributed by atoms with E-state index in [1.165, 1.54) is 19.3 Å². The molecular weight excluding hydrogens is 494 g/mol. The monoisotopic (exact) mass is 545 g/mol. The van der Waals surface area contributed by atoms with Gasteiger partial charge in [0, 0.05) is 12.3 Å². The van der Waals surface area contributed by atoms with Gasteiger partial charge in [0.1, 0.15) is 18.5 Å². The lowest BCUT2D eigenvalue weighted by Crippen LogP contribution is -2.54. The first-order chi connectivity index (χ1) is 18.5. The fourth-order valence-electron chi connectivity index (χ4n) is 9.57. The highest BCUT2D eigenvalue weighted by molar-refractivity contribution is 5.88. The van der Waals surface area contributed by atoms with E-state index in [1.807, 2.05) is 13.8 Å². The Kier molecular flexibility index (Phi) is 9.29. The van der Waals surface area contributed by atoms with Crippen LogP contribution in [0.15, 0.2) is 0 Å². The summed E-state index contributed by atoms with van der Waals surface area (Å²) in [5.41, 5.74) is 6.51. The number of esters is 1. The van der Waals surface area contributed by atoms with Gasteiger partial charge in [-0.1, -0.05) is 34.1 Å². The molecule has 39 heavy (non-hydrogen) atoms. The number of rotatable bonds is 11. The SMILES string of the molecule is CCC(C)[C@H](N)C(=O)C[C@@H](COC=O)C(=O)O[C@@H]1CC[C@@]2(C)[C@@H](CC[C@@H]3[C@@H]2CC[C@]2(C)[C@@H](C(C)=O)CC[C@@H]32)C1. The minimum absolute atomic E-state index is 0.0162. The number of carbonyl (C=O) groups excluding carboxylic acids is 4. The predicted octanol–water partition coefficient (Wildman–Crippen LogP) is 5.27. The summed E-state index contributed by atoms with van der Waals surface area (Å²) in [6.07, 6.45) is 10.2. The van der Waals surface area contributed by atoms with Gasteiger partial charge in [0.25, 0.3) is 6.47 Å². The van der Waals surface area contributed by atoms with Gasteiger partial charge in [-0.25, -0.2) is 0 Å². The molecule has 7 nitrogen and oxygen atoms in total. The van der Waals surface area contributed by atoms with E-state index in [9.17, 15) is 19.2 Å². The first-order valence-electron chi connectivity index (χ1n) is 15.5. The molecule has 0 aromatic heterocycles. The maximum atomic E-state index is 13.2. The smallest absolute Gasteiger partial charge is 0.313 e. The van der Waals surface area contributed by atoms with E-state index in [2.05, 4.69) is 13.8 Å². The number of ketones is 2. The summed E-state index contributed by atoms with van der Waals surface area (Å²) < 4.78 is 10.9. The van der Waals surface area contributed by atoms with Gasteiger partial charge in [0.05, 0.1) is 12.0 Å². The normalized spacial score (nSPS) is 39.7. The van der Waals surface area contributed by atoms with Crippen molar-refractivity contribution in [2.75, 3.05) is 6.61 Å². The first kappa shape index (κ1) is 30.2. The van der Waals surface area contributed by atoms with Crippen molar-refractivity contribution < 1.29 is 28.7 Å². The lowest BCUT2D eigenvalue weighted by atomic mass is 9.44. The molecule has 0 aromatic carbocycles. The van der Waals surface area contributed by atoms with Gasteiger partial charge in [-0.3, -0.25) is 19.2 Å². The van der Waals surface area contributed by atoms with Crippen LogP contribution < -0.4 is 5.73 Å². The van der Waals surface area contributed by atoms with Gasteiger partial charge in [0.2, 0.25) is 0 Å².